The molecule has 3 aromatic rings. The summed E-state index contributed by atoms with van der Waals surface area (Å²) < 4.78 is 60.2. The number of methoxy groups -OCH3 is 3. The minimum absolute atomic E-state index is 0.0104. The molecular weight excluding hydrogens is 510 g/mol. The lowest BCUT2D eigenvalue weighted by molar-refractivity contribution is -0.137. The van der Waals surface area contributed by atoms with Gasteiger partial charge in [-0.25, -0.2) is 4.79 Å². The number of aliphatic imine (C=N–C) groups is 1. The van der Waals surface area contributed by atoms with Crippen molar-refractivity contribution in [2.45, 2.75) is 6.18 Å². The van der Waals surface area contributed by atoms with Crippen molar-refractivity contribution in [1.29, 1.82) is 0 Å². The molecule has 11 heteroatoms. The molecule has 6 nitrogen and oxygen atoms in total. The molecule has 0 aromatic heterocycles. The average molecular weight is 528 g/mol. The first kappa shape index (κ1) is 26.2. The van der Waals surface area contributed by atoms with Crippen LogP contribution in [-0.4, -0.2) is 33.5 Å². The van der Waals surface area contributed by atoms with Crippen molar-refractivity contribution < 1.29 is 36.9 Å². The molecule has 0 atom stereocenters. The topological polar surface area (TPSA) is 66.4 Å². The predicted octanol–water partition coefficient (Wildman–Crippen LogP) is 7.01. The van der Waals surface area contributed by atoms with Crippen molar-refractivity contribution in [3.63, 3.8) is 0 Å². The van der Waals surface area contributed by atoms with Crippen molar-refractivity contribution in [2.24, 2.45) is 4.99 Å². The third kappa shape index (κ3) is 6.17. The molecule has 0 spiro atoms. The summed E-state index contributed by atoms with van der Waals surface area (Å²) in [6.45, 7) is 0. The second-order valence-corrected chi connectivity index (χ2v) is 7.76. The zero-order valence-electron chi connectivity index (χ0n) is 18.6. The van der Waals surface area contributed by atoms with Crippen LogP contribution in [0.25, 0.3) is 0 Å². The largest absolute Gasteiger partial charge is 0.493 e. The summed E-state index contributed by atoms with van der Waals surface area (Å²) in [5, 5.41) is 0.192. The molecule has 0 N–H and O–H groups in total. The fraction of sp³-hybridized carbons (Fsp3) is 0.167. The molecule has 0 fully saturated rings. The number of halogens is 5. The number of alkyl halides is 3. The van der Waals surface area contributed by atoms with E-state index in [1.54, 1.807) is 0 Å². The monoisotopic (exact) mass is 527 g/mol. The molecule has 0 heterocycles. The summed E-state index contributed by atoms with van der Waals surface area (Å²) in [4.78, 5) is 17.0. The van der Waals surface area contributed by atoms with Gasteiger partial charge in [0.25, 0.3) is 0 Å². The molecule has 0 saturated heterocycles. The highest BCUT2D eigenvalue weighted by Crippen LogP contribution is 2.39. The first-order valence-corrected chi connectivity index (χ1v) is 10.6. The smallest absolute Gasteiger partial charge is 0.416 e. The van der Waals surface area contributed by atoms with E-state index >= 15 is 0 Å². The summed E-state index contributed by atoms with van der Waals surface area (Å²) in [5.74, 6) is -0.169. The van der Waals surface area contributed by atoms with Gasteiger partial charge < -0.3 is 18.9 Å². The van der Waals surface area contributed by atoms with Crippen LogP contribution in [0.3, 0.4) is 0 Å². The van der Waals surface area contributed by atoms with Crippen molar-refractivity contribution in [2.75, 3.05) is 21.3 Å². The van der Waals surface area contributed by atoms with Crippen LogP contribution in [-0.2, 0) is 6.18 Å². The summed E-state index contributed by atoms with van der Waals surface area (Å²) in [7, 11) is 4.21. The summed E-state index contributed by atoms with van der Waals surface area (Å²) in [6, 6.07) is 9.97. The Morgan fingerprint density at radius 3 is 2.14 bits per heavy atom. The highest BCUT2D eigenvalue weighted by molar-refractivity contribution is 6.36. The highest BCUT2D eigenvalue weighted by Gasteiger charge is 2.30. The van der Waals surface area contributed by atoms with Crippen molar-refractivity contribution in [3.8, 4) is 23.0 Å². The lowest BCUT2D eigenvalue weighted by Crippen LogP contribution is -2.11. The number of hydrogen-bond donors (Lipinski definition) is 0. The van der Waals surface area contributed by atoms with Gasteiger partial charge in [-0.1, -0.05) is 29.3 Å². The Hall–Kier alpha value is -3.43. The van der Waals surface area contributed by atoms with Crippen molar-refractivity contribution in [1.82, 2.24) is 0 Å². The van der Waals surface area contributed by atoms with Crippen LogP contribution < -0.4 is 18.9 Å². The molecule has 0 aliphatic carbocycles. The zero-order valence-corrected chi connectivity index (χ0v) is 20.1. The summed E-state index contributed by atoms with van der Waals surface area (Å²) in [6.07, 6.45) is -3.32. The third-order valence-electron chi connectivity index (χ3n) is 4.66. The van der Waals surface area contributed by atoms with E-state index in [0.717, 1.165) is 12.1 Å². The molecule has 0 amide bonds. The molecule has 0 unspecified atom stereocenters. The molecule has 0 aliphatic rings. The van der Waals surface area contributed by atoms with E-state index in [-0.39, 0.29) is 49.9 Å². The molecular formula is C24H18Cl2F3NO5. The van der Waals surface area contributed by atoms with E-state index in [1.807, 2.05) is 0 Å². The van der Waals surface area contributed by atoms with Crippen molar-refractivity contribution >= 4 is 41.1 Å². The van der Waals surface area contributed by atoms with Gasteiger partial charge in [-0.2, -0.15) is 13.2 Å². The SMILES string of the molecule is COc1cc(C(=O)Oc2c(Cl)cc(Cl)cc2/C=N\c2cccc(C(F)(F)F)c2)cc(OC)c1OC. The van der Waals surface area contributed by atoms with E-state index in [9.17, 15) is 18.0 Å². The predicted molar refractivity (Wildman–Crippen MR) is 126 cm³/mol. The maximum atomic E-state index is 13.0. The number of ether oxygens (including phenoxy) is 4. The van der Waals surface area contributed by atoms with Gasteiger partial charge in [0, 0.05) is 16.8 Å². The molecule has 0 bridgehead atoms. The van der Waals surface area contributed by atoms with Gasteiger partial charge in [0.15, 0.2) is 17.2 Å². The van der Waals surface area contributed by atoms with Crippen LogP contribution in [0.5, 0.6) is 23.0 Å². The van der Waals surface area contributed by atoms with Gasteiger partial charge in [-0.05, 0) is 42.5 Å². The second-order valence-electron chi connectivity index (χ2n) is 6.92. The number of esters is 1. The third-order valence-corrected chi connectivity index (χ3v) is 5.16. The Balaban J connectivity index is 1.98. The van der Waals surface area contributed by atoms with Crippen molar-refractivity contribution in [3.05, 3.63) is 75.3 Å². The van der Waals surface area contributed by atoms with Crippen LogP contribution >= 0.6 is 23.2 Å². The number of rotatable bonds is 7. The van der Waals surface area contributed by atoms with E-state index < -0.39 is 17.7 Å². The summed E-state index contributed by atoms with van der Waals surface area (Å²) >= 11 is 12.3. The van der Waals surface area contributed by atoms with Crippen LogP contribution in [0.2, 0.25) is 10.0 Å². The van der Waals surface area contributed by atoms with E-state index in [1.165, 1.54) is 63.9 Å². The molecule has 35 heavy (non-hydrogen) atoms. The van der Waals surface area contributed by atoms with E-state index in [4.69, 9.17) is 42.1 Å². The number of benzene rings is 3. The minimum atomic E-state index is -4.52. The molecule has 0 saturated carbocycles. The van der Waals surface area contributed by atoms with Crippen LogP contribution in [0.4, 0.5) is 18.9 Å². The Morgan fingerprint density at radius 1 is 0.914 bits per heavy atom. The van der Waals surface area contributed by atoms with Crippen LogP contribution in [0.1, 0.15) is 21.5 Å². The lowest BCUT2D eigenvalue weighted by Gasteiger charge is -2.14. The van der Waals surface area contributed by atoms with Gasteiger partial charge in [0.1, 0.15) is 0 Å². The van der Waals surface area contributed by atoms with Crippen LogP contribution in [0, 0.1) is 0 Å². The minimum Gasteiger partial charge on any atom is -0.493 e. The normalized spacial score (nSPS) is 11.4. The molecule has 0 radical (unpaired) electrons. The number of nitrogens with zero attached hydrogens (tertiary/aromatic N) is 1. The quantitative estimate of drug-likeness (QED) is 0.188. The van der Waals surface area contributed by atoms with Gasteiger partial charge >= 0.3 is 12.1 Å². The summed E-state index contributed by atoms with van der Waals surface area (Å²) in [5.41, 5.74) is -0.602. The van der Waals surface area contributed by atoms with Gasteiger partial charge in [-0.15, -0.1) is 0 Å². The molecule has 0 aliphatic heterocycles. The average Bonchev–Trinajstić information content (AvgIpc) is 2.82. The molecule has 3 rings (SSSR count). The number of hydrogen-bond acceptors (Lipinski definition) is 6. The van der Waals surface area contributed by atoms with Gasteiger partial charge in [0.2, 0.25) is 5.75 Å². The van der Waals surface area contributed by atoms with Crippen LogP contribution in [0.15, 0.2) is 53.5 Å². The first-order chi connectivity index (χ1) is 16.6. The second kappa shape index (κ2) is 10.9. The lowest BCUT2D eigenvalue weighted by atomic mass is 10.1. The Bertz CT molecular complexity index is 1250. The standard InChI is InChI=1S/C24H18Cl2F3NO5/c1-32-19-8-13(9-20(33-2)22(19)34-3)23(31)35-21-14(7-16(25)11-18(21)26)12-30-17-6-4-5-15(10-17)24(27,28)29/h4-12H,1-3H3/b30-12-. The highest BCUT2D eigenvalue weighted by atomic mass is 35.5. The van der Waals surface area contributed by atoms with Gasteiger partial charge in [0.05, 0.1) is 43.2 Å². The van der Waals surface area contributed by atoms with Gasteiger partial charge in [-0.3, -0.25) is 4.99 Å². The Morgan fingerprint density at radius 2 is 1.57 bits per heavy atom. The van der Waals surface area contributed by atoms with E-state index in [0.29, 0.717) is 0 Å². The molecule has 3 aromatic carbocycles. The Kier molecular flexibility index (Phi) is 8.14. The van der Waals surface area contributed by atoms with E-state index in [2.05, 4.69) is 4.99 Å². The fourth-order valence-corrected chi connectivity index (χ4v) is 3.59. The maximum Gasteiger partial charge on any atom is 0.416 e. The zero-order chi connectivity index (χ0) is 25.8. The fourth-order valence-electron chi connectivity index (χ4n) is 3.04. The maximum absolute atomic E-state index is 13.0. The number of carbonyl (C=O) groups excluding carboxylic acids is 1. The first-order valence-electron chi connectivity index (χ1n) is 9.80. The molecule has 184 valence electrons. The Labute approximate surface area is 208 Å². The number of carbonyl (C=O) groups is 1.